The van der Waals surface area contributed by atoms with Gasteiger partial charge >= 0.3 is 204 Å². The van der Waals surface area contributed by atoms with Crippen molar-refractivity contribution in [2.45, 2.75) is 27.7 Å². The number of hydrogen-bond donors (Lipinski definition) is 0. The average Bonchev–Trinajstić information content (AvgIpc) is 2.83. The number of carbonyl (C=O) groups excluding carboxylic acids is 4. The summed E-state index contributed by atoms with van der Waals surface area (Å²) in [6.07, 6.45) is 0. The van der Waals surface area contributed by atoms with Gasteiger partial charge in [0.05, 0.1) is 0 Å². The Morgan fingerprint density at radius 2 is 0.880 bits per heavy atom. The van der Waals surface area contributed by atoms with E-state index in [9.17, 15) is 19.2 Å². The molecule has 0 aliphatic carbocycles. The molecule has 13 heteroatoms. The Bertz CT molecular complexity index is 620. The summed E-state index contributed by atoms with van der Waals surface area (Å²) in [6.45, 7) is 5.50. The Balaban J connectivity index is 3.18. The van der Waals surface area contributed by atoms with Gasteiger partial charge in [-0.25, -0.2) is 0 Å². The molecule has 1 heterocycles. The molecular weight excluding hydrogens is 1110 g/mol. The second-order valence-electron chi connectivity index (χ2n) is 5.03. The van der Waals surface area contributed by atoms with Crippen LogP contribution in [0.5, 0.6) is 0 Å². The summed E-state index contributed by atoms with van der Waals surface area (Å²) in [5.74, 6) is -1.24. The molecule has 0 radical (unpaired) electrons. The van der Waals surface area contributed by atoms with Gasteiger partial charge in [-0.15, -0.1) is 0 Å². The molecule has 1 aromatic rings. The molecule has 0 saturated carbocycles. The normalized spacial score (nSPS) is 8.80. The van der Waals surface area contributed by atoms with Crippen LogP contribution in [0.25, 0.3) is 0 Å². The van der Waals surface area contributed by atoms with Gasteiger partial charge in [0.1, 0.15) is 0 Å². The molecule has 25 heavy (non-hydrogen) atoms. The number of rotatable bonds is 8. The molecule has 122 valence electrons. The monoisotopic (exact) mass is 1120 g/mol. The Hall–Kier alpha value is 1.32. The van der Waals surface area contributed by atoms with E-state index < -0.39 is 100 Å². The molecule has 0 bridgehead atoms. The molecule has 0 spiro atoms. The standard InChI is InChI=1S/C4S.4C2H4O2.4Hg/c1-2-4-5-3-1;4*1-2(3)4;;;;/h;4*1H3,(H,3,4);;;;/q;;;;;4*+1/p-4. The van der Waals surface area contributed by atoms with E-state index in [4.69, 9.17) is 10.6 Å². The summed E-state index contributed by atoms with van der Waals surface area (Å²) in [7, 11) is 0. The maximum absolute atomic E-state index is 11.2. The molecule has 0 aliphatic rings. The first-order valence-corrected chi connectivity index (χ1v) is 28.1. The van der Waals surface area contributed by atoms with Crippen LogP contribution < -0.4 is 10.9 Å². The molecule has 0 aromatic carbocycles. The van der Waals surface area contributed by atoms with Crippen LogP contribution in [0.2, 0.25) is 0 Å². The van der Waals surface area contributed by atoms with Crippen LogP contribution in [-0.2, 0) is 130 Å². The van der Waals surface area contributed by atoms with Crippen molar-refractivity contribution >= 4 is 46.1 Å². The predicted molar refractivity (Wildman–Crippen MR) is 69.9 cm³/mol. The zero-order valence-electron chi connectivity index (χ0n) is 14.5. The Morgan fingerprint density at radius 1 is 0.600 bits per heavy atom. The number of carbonyl (C=O) groups is 4. The first-order valence-electron chi connectivity index (χ1n) is 7.36. The summed E-state index contributed by atoms with van der Waals surface area (Å²) in [5, 5.41) is 0. The summed E-state index contributed by atoms with van der Waals surface area (Å²) >= 11 is -7.05. The van der Waals surface area contributed by atoms with Crippen LogP contribution in [-0.4, -0.2) is 23.9 Å². The van der Waals surface area contributed by atoms with Crippen molar-refractivity contribution in [1.29, 1.82) is 0 Å². The van der Waals surface area contributed by atoms with Gasteiger partial charge in [-0.3, -0.25) is 0 Å². The van der Waals surface area contributed by atoms with Gasteiger partial charge in [-0.1, -0.05) is 0 Å². The summed E-state index contributed by atoms with van der Waals surface area (Å²) in [4.78, 5) is 44.8. The van der Waals surface area contributed by atoms with Gasteiger partial charge in [0.2, 0.25) is 0 Å². The molecule has 0 unspecified atom stereocenters. The molecule has 0 fully saturated rings. The van der Waals surface area contributed by atoms with E-state index in [0.717, 1.165) is 10.9 Å². The van der Waals surface area contributed by atoms with Crippen LogP contribution in [0.3, 0.4) is 0 Å². The Morgan fingerprint density at radius 3 is 1.16 bits per heavy atom. The Kier molecular flexibility index (Phi) is 12.4. The predicted octanol–water partition coefficient (Wildman–Crippen LogP) is -1.51. The molecular formula is C12H12Hg4O8S. The first kappa shape index (κ1) is 24.4. The molecule has 1 aromatic heterocycles. The van der Waals surface area contributed by atoms with E-state index in [2.05, 4.69) is 0 Å². The fourth-order valence-corrected chi connectivity index (χ4v) is 63.2. The molecule has 0 amide bonds. The van der Waals surface area contributed by atoms with Crippen molar-refractivity contribution in [1.82, 2.24) is 0 Å². The second-order valence-corrected chi connectivity index (χ2v) is 30.2. The zero-order chi connectivity index (χ0) is 19.0. The third-order valence-electron chi connectivity index (χ3n) is 2.94. The first-order chi connectivity index (χ1) is 11.7. The third kappa shape index (κ3) is 9.89. The Labute approximate surface area is 200 Å². The van der Waals surface area contributed by atoms with E-state index in [1.54, 1.807) is 11.3 Å². The summed E-state index contributed by atoms with van der Waals surface area (Å²) in [6, 6.07) is 0. The summed E-state index contributed by atoms with van der Waals surface area (Å²) in [5.41, 5.74) is 0. The van der Waals surface area contributed by atoms with Gasteiger partial charge in [0, 0.05) is 0 Å². The number of thiophene rings is 1. The van der Waals surface area contributed by atoms with Crippen LogP contribution in [0.1, 0.15) is 27.7 Å². The molecule has 0 aliphatic heterocycles. The van der Waals surface area contributed by atoms with E-state index in [-0.39, 0.29) is 23.9 Å². The van der Waals surface area contributed by atoms with Crippen LogP contribution in [0, 0.1) is 0 Å². The van der Waals surface area contributed by atoms with Crippen LogP contribution in [0.4, 0.5) is 0 Å². The van der Waals surface area contributed by atoms with Gasteiger partial charge in [0.15, 0.2) is 0 Å². The average molecular weight is 1120 g/mol. The van der Waals surface area contributed by atoms with E-state index in [1.165, 1.54) is 27.7 Å². The van der Waals surface area contributed by atoms with Crippen molar-refractivity contribution < 1.29 is 130 Å². The fourth-order valence-electron chi connectivity index (χ4n) is 1.86. The van der Waals surface area contributed by atoms with Gasteiger partial charge in [-0.2, -0.15) is 0 Å². The number of hydrogen-bond acceptors (Lipinski definition) is 9. The van der Waals surface area contributed by atoms with Crippen LogP contribution >= 0.6 is 11.3 Å². The molecule has 0 atom stereocenters. The SMILES string of the molecule is CC(=O)[O][Hg][c]1s[c]([Hg][O]C(C)=O)[c]([Hg][O]C(C)=O)[c]1[Hg][O]C(C)=O. The molecule has 0 N–H and O–H groups in total. The third-order valence-corrected chi connectivity index (χ3v) is 56.8. The minimum atomic E-state index is -2.19. The van der Waals surface area contributed by atoms with Gasteiger partial charge < -0.3 is 0 Å². The van der Waals surface area contributed by atoms with E-state index in [1.807, 2.05) is 0 Å². The van der Waals surface area contributed by atoms with Gasteiger partial charge in [0.25, 0.3) is 0 Å². The fraction of sp³-hybridized carbons (Fsp3) is 0.333. The minimum absolute atomic E-state index is 0.303. The van der Waals surface area contributed by atoms with Crippen molar-refractivity contribution in [2.24, 2.45) is 0 Å². The maximum atomic E-state index is 11.2. The zero-order valence-corrected chi connectivity index (χ0v) is 37.3. The molecule has 0 saturated heterocycles. The van der Waals surface area contributed by atoms with Crippen molar-refractivity contribution in [3.63, 3.8) is 0 Å². The second kappa shape index (κ2) is 12.7. The van der Waals surface area contributed by atoms with Gasteiger partial charge in [-0.05, 0) is 0 Å². The topological polar surface area (TPSA) is 105 Å². The van der Waals surface area contributed by atoms with Crippen LogP contribution in [0.15, 0.2) is 0 Å². The van der Waals surface area contributed by atoms with E-state index >= 15 is 0 Å². The van der Waals surface area contributed by atoms with Crippen molar-refractivity contribution in [2.75, 3.05) is 0 Å². The quantitative estimate of drug-likeness (QED) is 0.290. The summed E-state index contributed by atoms with van der Waals surface area (Å²) < 4.78 is 25.6. The van der Waals surface area contributed by atoms with E-state index in [0.29, 0.717) is 0 Å². The van der Waals surface area contributed by atoms with Crippen molar-refractivity contribution in [3.8, 4) is 0 Å². The molecule has 1 rings (SSSR count). The molecule has 8 nitrogen and oxygen atoms in total. The van der Waals surface area contributed by atoms with Crippen molar-refractivity contribution in [3.05, 3.63) is 0 Å².